The number of carbonyl (C=O) groups excluding carboxylic acids is 1. The molecule has 0 bridgehead atoms. The summed E-state index contributed by atoms with van der Waals surface area (Å²) in [4.78, 5) is 14.9. The van der Waals surface area contributed by atoms with Gasteiger partial charge in [0.2, 0.25) is 0 Å². The molecule has 1 fully saturated rings. The first kappa shape index (κ1) is 17.6. The first-order valence-electron chi connectivity index (χ1n) is 8.88. The lowest BCUT2D eigenvalue weighted by molar-refractivity contribution is 0.102. The quantitative estimate of drug-likeness (QED) is 0.736. The lowest BCUT2D eigenvalue weighted by atomic mass is 10.1. The molecule has 1 aliphatic heterocycles. The number of ether oxygens (including phenoxy) is 1. The van der Waals surface area contributed by atoms with Crippen molar-refractivity contribution in [2.24, 2.45) is 0 Å². The minimum absolute atomic E-state index is 0.161. The van der Waals surface area contributed by atoms with Crippen LogP contribution in [0.15, 0.2) is 67.0 Å². The van der Waals surface area contributed by atoms with Crippen LogP contribution >= 0.6 is 11.6 Å². The first-order chi connectivity index (χ1) is 13.2. The molecule has 5 nitrogen and oxygen atoms in total. The van der Waals surface area contributed by atoms with Gasteiger partial charge in [0, 0.05) is 36.7 Å². The highest BCUT2D eigenvalue weighted by atomic mass is 35.5. The highest BCUT2D eigenvalue weighted by molar-refractivity contribution is 6.34. The van der Waals surface area contributed by atoms with Gasteiger partial charge in [-0.1, -0.05) is 17.7 Å². The maximum absolute atomic E-state index is 12.8. The van der Waals surface area contributed by atoms with Crippen molar-refractivity contribution in [1.29, 1.82) is 0 Å². The number of anilines is 2. The molecule has 1 aliphatic rings. The molecule has 2 aromatic carbocycles. The van der Waals surface area contributed by atoms with Gasteiger partial charge in [0.25, 0.3) is 5.91 Å². The summed E-state index contributed by atoms with van der Waals surface area (Å²) < 4.78 is 7.41. The summed E-state index contributed by atoms with van der Waals surface area (Å²) in [6.45, 7) is 2.80. The van der Waals surface area contributed by atoms with Crippen molar-refractivity contribution in [3.8, 4) is 5.69 Å². The Balaban J connectivity index is 1.55. The second kappa shape index (κ2) is 7.86. The topological polar surface area (TPSA) is 46.5 Å². The third-order valence-electron chi connectivity index (χ3n) is 4.59. The number of morpholine rings is 1. The Labute approximate surface area is 163 Å². The number of nitrogens with zero attached hydrogens (tertiary/aromatic N) is 2. The highest BCUT2D eigenvalue weighted by Gasteiger charge is 2.19. The molecule has 27 heavy (non-hydrogen) atoms. The third-order valence-corrected chi connectivity index (χ3v) is 4.90. The van der Waals surface area contributed by atoms with Crippen molar-refractivity contribution in [1.82, 2.24) is 4.57 Å². The van der Waals surface area contributed by atoms with E-state index in [9.17, 15) is 4.79 Å². The summed E-state index contributed by atoms with van der Waals surface area (Å²) in [5.74, 6) is -0.161. The van der Waals surface area contributed by atoms with E-state index >= 15 is 0 Å². The van der Waals surface area contributed by atoms with Crippen molar-refractivity contribution < 1.29 is 9.53 Å². The predicted molar refractivity (Wildman–Crippen MR) is 108 cm³/mol. The minimum Gasteiger partial charge on any atom is -0.378 e. The summed E-state index contributed by atoms with van der Waals surface area (Å²) in [6.07, 6.45) is 3.94. The molecule has 3 aromatic rings. The average Bonchev–Trinajstić information content (AvgIpc) is 3.24. The van der Waals surface area contributed by atoms with E-state index in [0.717, 1.165) is 24.5 Å². The Kier molecular flexibility index (Phi) is 5.14. The molecule has 4 rings (SSSR count). The number of aromatic nitrogens is 1. The monoisotopic (exact) mass is 381 g/mol. The van der Waals surface area contributed by atoms with Crippen molar-refractivity contribution in [2.45, 2.75) is 0 Å². The molecule has 0 radical (unpaired) electrons. The van der Waals surface area contributed by atoms with Crippen LogP contribution in [-0.4, -0.2) is 36.8 Å². The number of halogens is 1. The molecule has 1 aromatic heterocycles. The molecule has 0 atom stereocenters. The van der Waals surface area contributed by atoms with E-state index < -0.39 is 0 Å². The summed E-state index contributed by atoms with van der Waals surface area (Å²) in [5.41, 5.74) is 3.16. The minimum atomic E-state index is -0.161. The number of para-hydroxylation sites is 1. The number of nitrogens with one attached hydrogen (secondary N) is 1. The van der Waals surface area contributed by atoms with Gasteiger partial charge >= 0.3 is 0 Å². The van der Waals surface area contributed by atoms with Gasteiger partial charge in [-0.3, -0.25) is 4.79 Å². The molecular weight excluding hydrogens is 362 g/mol. The van der Waals surface area contributed by atoms with E-state index in [0.29, 0.717) is 29.5 Å². The zero-order valence-corrected chi connectivity index (χ0v) is 15.5. The SMILES string of the molecule is O=C(Nc1cccc(Cl)c1N1CCOCC1)c1ccc(-n2cccc2)cc1. The van der Waals surface area contributed by atoms with Crippen LogP contribution in [0.2, 0.25) is 5.02 Å². The Hall–Kier alpha value is -2.76. The molecule has 2 heterocycles. The standard InChI is InChI=1S/C21H20ClN3O2/c22-18-4-3-5-19(20(18)25-12-14-27-15-13-25)23-21(26)16-6-8-17(9-7-16)24-10-1-2-11-24/h1-11H,12-15H2,(H,23,26). The van der Waals surface area contributed by atoms with Gasteiger partial charge in [0.15, 0.2) is 0 Å². The van der Waals surface area contributed by atoms with Gasteiger partial charge in [-0.15, -0.1) is 0 Å². The Morgan fingerprint density at radius 3 is 2.37 bits per heavy atom. The van der Waals surface area contributed by atoms with Crippen LogP contribution in [0.4, 0.5) is 11.4 Å². The van der Waals surface area contributed by atoms with E-state index in [1.807, 2.05) is 71.6 Å². The summed E-state index contributed by atoms with van der Waals surface area (Å²) in [6, 6.07) is 17.0. The van der Waals surface area contributed by atoms with Crippen LogP contribution in [0.5, 0.6) is 0 Å². The fraction of sp³-hybridized carbons (Fsp3) is 0.190. The summed E-state index contributed by atoms with van der Waals surface area (Å²) >= 11 is 6.43. The highest BCUT2D eigenvalue weighted by Crippen LogP contribution is 2.34. The Bertz CT molecular complexity index is 917. The van der Waals surface area contributed by atoms with Crippen molar-refractivity contribution >= 4 is 28.9 Å². The number of benzene rings is 2. The van der Waals surface area contributed by atoms with Crippen LogP contribution in [0.1, 0.15) is 10.4 Å². The van der Waals surface area contributed by atoms with Crippen LogP contribution in [0, 0.1) is 0 Å². The lowest BCUT2D eigenvalue weighted by Crippen LogP contribution is -2.37. The van der Waals surface area contributed by atoms with Crippen LogP contribution in [0.25, 0.3) is 5.69 Å². The first-order valence-corrected chi connectivity index (χ1v) is 9.26. The molecule has 0 saturated carbocycles. The number of hydrogen-bond acceptors (Lipinski definition) is 3. The third kappa shape index (κ3) is 3.84. The van der Waals surface area contributed by atoms with Gasteiger partial charge in [0.1, 0.15) is 0 Å². The molecule has 6 heteroatoms. The number of carbonyl (C=O) groups is 1. The number of rotatable bonds is 4. The molecule has 138 valence electrons. The molecular formula is C21H20ClN3O2. The van der Waals surface area contributed by atoms with E-state index in [1.54, 1.807) is 0 Å². The van der Waals surface area contributed by atoms with E-state index in [4.69, 9.17) is 16.3 Å². The second-order valence-corrected chi connectivity index (χ2v) is 6.73. The molecule has 1 N–H and O–H groups in total. The van der Waals surface area contributed by atoms with Gasteiger partial charge < -0.3 is 19.5 Å². The van der Waals surface area contributed by atoms with Crippen LogP contribution in [-0.2, 0) is 4.74 Å². The normalized spacial score (nSPS) is 14.2. The molecule has 1 amide bonds. The molecule has 0 unspecified atom stereocenters. The number of amides is 1. The number of hydrogen-bond donors (Lipinski definition) is 1. The predicted octanol–water partition coefficient (Wildman–Crippen LogP) is 4.22. The molecule has 0 aliphatic carbocycles. The van der Waals surface area contributed by atoms with Crippen molar-refractivity contribution in [3.63, 3.8) is 0 Å². The summed E-state index contributed by atoms with van der Waals surface area (Å²) in [7, 11) is 0. The average molecular weight is 382 g/mol. The zero-order valence-electron chi connectivity index (χ0n) is 14.8. The second-order valence-electron chi connectivity index (χ2n) is 6.33. The Morgan fingerprint density at radius 2 is 1.67 bits per heavy atom. The van der Waals surface area contributed by atoms with Gasteiger partial charge in [-0.05, 0) is 48.5 Å². The van der Waals surface area contributed by atoms with Gasteiger partial charge in [-0.25, -0.2) is 0 Å². The smallest absolute Gasteiger partial charge is 0.255 e. The maximum Gasteiger partial charge on any atom is 0.255 e. The van der Waals surface area contributed by atoms with Crippen LogP contribution < -0.4 is 10.2 Å². The Morgan fingerprint density at radius 1 is 0.963 bits per heavy atom. The fourth-order valence-electron chi connectivity index (χ4n) is 3.21. The van der Waals surface area contributed by atoms with Gasteiger partial charge in [0.05, 0.1) is 29.6 Å². The van der Waals surface area contributed by atoms with E-state index in [-0.39, 0.29) is 5.91 Å². The van der Waals surface area contributed by atoms with E-state index in [1.165, 1.54) is 0 Å². The summed E-state index contributed by atoms with van der Waals surface area (Å²) in [5, 5.41) is 3.63. The molecule has 0 spiro atoms. The van der Waals surface area contributed by atoms with Crippen LogP contribution in [0.3, 0.4) is 0 Å². The van der Waals surface area contributed by atoms with Crippen molar-refractivity contribution in [3.05, 3.63) is 77.6 Å². The zero-order chi connectivity index (χ0) is 18.6. The van der Waals surface area contributed by atoms with Gasteiger partial charge in [-0.2, -0.15) is 0 Å². The van der Waals surface area contributed by atoms with E-state index in [2.05, 4.69) is 10.2 Å². The molecule has 1 saturated heterocycles. The fourth-order valence-corrected chi connectivity index (χ4v) is 3.50. The van der Waals surface area contributed by atoms with Crippen molar-refractivity contribution in [2.75, 3.05) is 36.5 Å². The largest absolute Gasteiger partial charge is 0.378 e. The lowest BCUT2D eigenvalue weighted by Gasteiger charge is -2.31. The maximum atomic E-state index is 12.8.